The summed E-state index contributed by atoms with van der Waals surface area (Å²) in [6, 6.07) is 17.0. The largest absolute Gasteiger partial charge is 0.573 e. The van der Waals surface area contributed by atoms with Crippen LogP contribution in [0, 0.1) is 0 Å². The molecule has 1 N–H and O–H groups in total. The first kappa shape index (κ1) is 25.3. The lowest BCUT2D eigenvalue weighted by molar-refractivity contribution is -0.274. The van der Waals surface area contributed by atoms with Crippen LogP contribution in [0.3, 0.4) is 0 Å². The lowest BCUT2D eigenvalue weighted by atomic mass is 10.0. The van der Waals surface area contributed by atoms with Crippen molar-refractivity contribution in [3.05, 3.63) is 90.3 Å². The summed E-state index contributed by atoms with van der Waals surface area (Å²) in [7, 11) is 0. The molecule has 0 radical (unpaired) electrons. The number of halogens is 6. The fourth-order valence-electron chi connectivity index (χ4n) is 3.65. The Labute approximate surface area is 202 Å². The van der Waals surface area contributed by atoms with Crippen LogP contribution in [0.25, 0.3) is 28.2 Å². The van der Waals surface area contributed by atoms with Crippen molar-refractivity contribution in [2.75, 3.05) is 0 Å². The van der Waals surface area contributed by atoms with Gasteiger partial charge < -0.3 is 9.84 Å². The van der Waals surface area contributed by atoms with Gasteiger partial charge in [0, 0.05) is 17.4 Å². The summed E-state index contributed by atoms with van der Waals surface area (Å²) in [5.41, 5.74) is -0.488. The van der Waals surface area contributed by atoms with Gasteiger partial charge in [0.05, 0.1) is 11.3 Å². The van der Waals surface area contributed by atoms with Gasteiger partial charge in [-0.3, -0.25) is 4.57 Å². The van der Waals surface area contributed by atoms with Gasteiger partial charge in [-0.25, -0.2) is 4.98 Å². The molecule has 4 nitrogen and oxygen atoms in total. The molecular weight excluding hydrogens is 486 g/mol. The van der Waals surface area contributed by atoms with E-state index < -0.39 is 23.7 Å². The zero-order valence-corrected chi connectivity index (χ0v) is 19.0. The molecule has 188 valence electrons. The van der Waals surface area contributed by atoms with Crippen molar-refractivity contribution in [3.63, 3.8) is 0 Å². The minimum atomic E-state index is -4.79. The van der Waals surface area contributed by atoms with Crippen molar-refractivity contribution in [2.24, 2.45) is 0 Å². The fraction of sp³-hybridized carbons (Fsp3) is 0.192. The van der Waals surface area contributed by atoms with Crippen LogP contribution in [0.2, 0.25) is 0 Å². The van der Waals surface area contributed by atoms with E-state index in [0.29, 0.717) is 16.8 Å². The SMILES string of the molecule is CC(C)(O)c1cn(-c2ccc(-c3ccc(OC(F)(F)F)cc3)cc2)c(-c2ccccc2C(F)(F)F)n1. The fourth-order valence-corrected chi connectivity index (χ4v) is 3.65. The lowest BCUT2D eigenvalue weighted by Crippen LogP contribution is -2.16. The molecule has 1 aromatic heterocycles. The molecule has 0 aliphatic rings. The van der Waals surface area contributed by atoms with Crippen LogP contribution in [0.15, 0.2) is 79.0 Å². The van der Waals surface area contributed by atoms with Crippen molar-refractivity contribution < 1.29 is 36.2 Å². The summed E-state index contributed by atoms with van der Waals surface area (Å²) in [5, 5.41) is 10.5. The molecule has 0 saturated carbocycles. The Morgan fingerprint density at radius 1 is 0.778 bits per heavy atom. The number of hydrogen-bond acceptors (Lipinski definition) is 3. The van der Waals surface area contributed by atoms with E-state index >= 15 is 0 Å². The summed E-state index contributed by atoms with van der Waals surface area (Å²) >= 11 is 0. The Balaban J connectivity index is 1.74. The quantitative estimate of drug-likeness (QED) is 0.288. The van der Waals surface area contributed by atoms with Gasteiger partial charge in [0.2, 0.25) is 0 Å². The number of aliphatic hydroxyl groups is 1. The molecule has 36 heavy (non-hydrogen) atoms. The van der Waals surface area contributed by atoms with Crippen LogP contribution < -0.4 is 4.74 Å². The van der Waals surface area contributed by atoms with E-state index in [0.717, 1.165) is 6.07 Å². The highest BCUT2D eigenvalue weighted by molar-refractivity contribution is 5.68. The van der Waals surface area contributed by atoms with Gasteiger partial charge in [-0.15, -0.1) is 13.2 Å². The Hall–Kier alpha value is -3.79. The van der Waals surface area contributed by atoms with Crippen molar-refractivity contribution >= 4 is 0 Å². The monoisotopic (exact) mass is 506 g/mol. The molecule has 0 bridgehead atoms. The van der Waals surface area contributed by atoms with E-state index in [9.17, 15) is 31.4 Å². The molecule has 0 amide bonds. The van der Waals surface area contributed by atoms with Crippen LogP contribution in [0.1, 0.15) is 25.1 Å². The van der Waals surface area contributed by atoms with Gasteiger partial charge in [-0.2, -0.15) is 13.2 Å². The molecule has 0 aliphatic carbocycles. The highest BCUT2D eigenvalue weighted by atomic mass is 19.4. The number of hydrogen-bond donors (Lipinski definition) is 1. The predicted octanol–water partition coefficient (Wildman–Crippen LogP) is 7.35. The molecule has 4 rings (SSSR count). The second-order valence-electron chi connectivity index (χ2n) is 8.54. The van der Waals surface area contributed by atoms with Gasteiger partial charge in [-0.05, 0) is 55.3 Å². The number of nitrogens with zero attached hydrogens (tertiary/aromatic N) is 2. The molecule has 10 heteroatoms. The Morgan fingerprint density at radius 3 is 1.86 bits per heavy atom. The average Bonchev–Trinajstić information content (AvgIpc) is 3.24. The molecule has 0 unspecified atom stereocenters. The molecule has 3 aromatic carbocycles. The Morgan fingerprint density at radius 2 is 1.33 bits per heavy atom. The third kappa shape index (κ3) is 5.54. The van der Waals surface area contributed by atoms with Crippen molar-refractivity contribution in [1.29, 1.82) is 0 Å². The van der Waals surface area contributed by atoms with Crippen LogP contribution in [0.5, 0.6) is 5.75 Å². The molecular formula is C26H20F6N2O2. The summed E-state index contributed by atoms with van der Waals surface area (Å²) in [6.45, 7) is 2.96. The first-order valence-electron chi connectivity index (χ1n) is 10.7. The Kier molecular flexibility index (Phi) is 6.34. The minimum Gasteiger partial charge on any atom is -0.406 e. The highest BCUT2D eigenvalue weighted by Crippen LogP contribution is 2.38. The van der Waals surface area contributed by atoms with Gasteiger partial charge in [0.25, 0.3) is 0 Å². The molecule has 0 saturated heterocycles. The van der Waals surface area contributed by atoms with Gasteiger partial charge in [0.1, 0.15) is 17.2 Å². The number of imidazole rings is 1. The molecule has 0 atom stereocenters. The smallest absolute Gasteiger partial charge is 0.406 e. The normalized spacial score (nSPS) is 12.6. The second-order valence-corrected chi connectivity index (χ2v) is 8.54. The molecule has 0 aliphatic heterocycles. The van der Waals surface area contributed by atoms with E-state index in [2.05, 4.69) is 9.72 Å². The summed E-state index contributed by atoms with van der Waals surface area (Å²) in [4.78, 5) is 4.33. The van der Waals surface area contributed by atoms with Crippen molar-refractivity contribution in [1.82, 2.24) is 9.55 Å². The second kappa shape index (κ2) is 9.02. The number of benzene rings is 3. The minimum absolute atomic E-state index is 0.00134. The summed E-state index contributed by atoms with van der Waals surface area (Å²) in [5.74, 6) is -0.352. The van der Waals surface area contributed by atoms with Gasteiger partial charge in [-0.1, -0.05) is 42.5 Å². The van der Waals surface area contributed by atoms with Gasteiger partial charge in [0.15, 0.2) is 0 Å². The molecule has 1 heterocycles. The zero-order chi connectivity index (χ0) is 26.3. The highest BCUT2D eigenvalue weighted by Gasteiger charge is 2.35. The lowest BCUT2D eigenvalue weighted by Gasteiger charge is -2.14. The zero-order valence-electron chi connectivity index (χ0n) is 19.0. The topological polar surface area (TPSA) is 47.3 Å². The van der Waals surface area contributed by atoms with Crippen LogP contribution in [-0.2, 0) is 11.8 Å². The van der Waals surface area contributed by atoms with E-state index in [4.69, 9.17) is 0 Å². The summed E-state index contributed by atoms with van der Waals surface area (Å²) < 4.78 is 83.6. The van der Waals surface area contributed by atoms with E-state index in [1.807, 2.05) is 0 Å². The van der Waals surface area contributed by atoms with E-state index in [-0.39, 0.29) is 22.8 Å². The average molecular weight is 506 g/mol. The maximum absolute atomic E-state index is 13.7. The van der Waals surface area contributed by atoms with Crippen molar-refractivity contribution in [2.45, 2.75) is 32.0 Å². The van der Waals surface area contributed by atoms with E-state index in [1.165, 1.54) is 67.1 Å². The number of rotatable bonds is 5. The maximum Gasteiger partial charge on any atom is 0.573 e. The van der Waals surface area contributed by atoms with Crippen LogP contribution in [-0.4, -0.2) is 21.0 Å². The predicted molar refractivity (Wildman–Crippen MR) is 121 cm³/mol. The van der Waals surface area contributed by atoms with Crippen LogP contribution in [0.4, 0.5) is 26.3 Å². The van der Waals surface area contributed by atoms with Crippen molar-refractivity contribution in [3.8, 4) is 34.0 Å². The summed E-state index contributed by atoms with van der Waals surface area (Å²) in [6.07, 6.45) is -7.94. The molecule has 4 aromatic rings. The number of ether oxygens (including phenoxy) is 1. The Bertz CT molecular complexity index is 1350. The first-order valence-corrected chi connectivity index (χ1v) is 10.7. The third-order valence-corrected chi connectivity index (χ3v) is 5.37. The van der Waals surface area contributed by atoms with E-state index in [1.54, 1.807) is 24.3 Å². The first-order chi connectivity index (χ1) is 16.7. The maximum atomic E-state index is 13.7. The number of alkyl halides is 6. The van der Waals surface area contributed by atoms with Crippen LogP contribution >= 0.6 is 0 Å². The third-order valence-electron chi connectivity index (χ3n) is 5.37. The number of aromatic nitrogens is 2. The molecule has 0 spiro atoms. The van der Waals surface area contributed by atoms with Gasteiger partial charge >= 0.3 is 12.5 Å². The standard InChI is InChI=1S/C26H20F6N2O2/c1-24(2,35)22-15-34(23(33-22)20-5-3-4-6-21(20)25(27,28)29)18-11-7-16(8-12-18)17-9-13-19(14-10-17)36-26(30,31)32/h3-15,35H,1-2H3. The molecule has 0 fully saturated rings.